The second-order valence-electron chi connectivity index (χ2n) is 8.06. The van der Waals surface area contributed by atoms with E-state index in [-0.39, 0.29) is 23.3 Å². The Hall–Kier alpha value is -3.69. The molecule has 1 saturated heterocycles. The highest BCUT2D eigenvalue weighted by molar-refractivity contribution is 9.10. The molecule has 0 aromatic heterocycles. The number of aryl methyl sites for hydroxylation is 2. The zero-order valence-electron chi connectivity index (χ0n) is 18.7. The van der Waals surface area contributed by atoms with Gasteiger partial charge in [0.1, 0.15) is 5.75 Å². The van der Waals surface area contributed by atoms with Crippen LogP contribution >= 0.6 is 27.7 Å². The van der Waals surface area contributed by atoms with Gasteiger partial charge in [0.25, 0.3) is 11.8 Å². The van der Waals surface area contributed by atoms with Gasteiger partial charge in [-0.1, -0.05) is 46.3 Å². The van der Waals surface area contributed by atoms with Gasteiger partial charge in [-0.15, -0.1) is 10.2 Å². The van der Waals surface area contributed by atoms with Crippen LogP contribution in [0.4, 0.5) is 11.4 Å². The number of carbonyl (C=O) groups is 2. The number of fused-ring (bicyclic) bond motifs is 1. The predicted octanol–water partition coefficient (Wildman–Crippen LogP) is 5.60. The number of amides is 2. The van der Waals surface area contributed by atoms with E-state index in [2.05, 4.69) is 31.4 Å². The molecule has 9 heteroatoms. The van der Waals surface area contributed by atoms with Gasteiger partial charge in [0.15, 0.2) is 5.71 Å². The predicted molar refractivity (Wildman–Crippen MR) is 144 cm³/mol. The third-order valence-corrected chi connectivity index (χ3v) is 7.05. The summed E-state index contributed by atoms with van der Waals surface area (Å²) in [6.07, 6.45) is 1.75. The Morgan fingerprint density at radius 2 is 1.71 bits per heavy atom. The van der Waals surface area contributed by atoms with Crippen molar-refractivity contribution in [1.82, 2.24) is 0 Å². The summed E-state index contributed by atoms with van der Waals surface area (Å²) in [7, 11) is 0. The van der Waals surface area contributed by atoms with Crippen LogP contribution in [0.3, 0.4) is 0 Å². The first-order valence-electron chi connectivity index (χ1n) is 10.7. The van der Waals surface area contributed by atoms with Gasteiger partial charge in [0, 0.05) is 10.0 Å². The Labute approximate surface area is 214 Å². The summed E-state index contributed by atoms with van der Waals surface area (Å²) in [4.78, 5) is 28.1. The minimum atomic E-state index is -0.352. The Balaban J connectivity index is 1.61. The average Bonchev–Trinajstić information content (AvgIpc) is 3.29. The fourth-order valence-corrected chi connectivity index (χ4v) is 5.21. The van der Waals surface area contributed by atoms with Crippen molar-refractivity contribution in [1.29, 1.82) is 0 Å². The number of halogens is 1. The monoisotopic (exact) mass is 546 g/mol. The van der Waals surface area contributed by atoms with Gasteiger partial charge >= 0.3 is 0 Å². The quantitative estimate of drug-likeness (QED) is 0.330. The van der Waals surface area contributed by atoms with E-state index in [0.717, 1.165) is 26.9 Å². The van der Waals surface area contributed by atoms with E-state index in [1.54, 1.807) is 47.4 Å². The van der Waals surface area contributed by atoms with E-state index in [4.69, 9.17) is 0 Å². The van der Waals surface area contributed by atoms with Crippen LogP contribution in [0.15, 0.2) is 80.2 Å². The summed E-state index contributed by atoms with van der Waals surface area (Å²) < 4.78 is 0.815. The summed E-state index contributed by atoms with van der Waals surface area (Å²) >= 11 is 4.61. The zero-order valence-corrected chi connectivity index (χ0v) is 21.1. The van der Waals surface area contributed by atoms with Gasteiger partial charge in [0.2, 0.25) is 5.17 Å². The van der Waals surface area contributed by atoms with E-state index in [9.17, 15) is 14.7 Å². The van der Waals surface area contributed by atoms with Crippen LogP contribution in [0.25, 0.3) is 6.08 Å². The number of nitrogens with zero attached hydrogens (tertiary/aromatic N) is 3. The molecule has 3 aromatic carbocycles. The molecule has 2 aliphatic rings. The van der Waals surface area contributed by atoms with Crippen LogP contribution in [0.2, 0.25) is 0 Å². The molecule has 0 aliphatic carbocycles. The summed E-state index contributed by atoms with van der Waals surface area (Å²) in [5.74, 6) is -0.441. The lowest BCUT2D eigenvalue weighted by Gasteiger charge is -2.19. The fraction of sp³-hybridized carbons (Fsp3) is 0.0769. The Bertz CT molecular complexity index is 1460. The summed E-state index contributed by atoms with van der Waals surface area (Å²) in [6, 6.07) is 17.8. The molecule has 0 spiro atoms. The van der Waals surface area contributed by atoms with E-state index in [0.29, 0.717) is 21.3 Å². The lowest BCUT2D eigenvalue weighted by Crippen LogP contribution is -2.30. The number of para-hydroxylation sites is 1. The lowest BCUT2D eigenvalue weighted by atomic mass is 10.1. The highest BCUT2D eigenvalue weighted by Crippen LogP contribution is 2.39. The zero-order chi connectivity index (χ0) is 24.7. The number of hydrogen-bond acceptors (Lipinski definition) is 6. The van der Waals surface area contributed by atoms with Crippen molar-refractivity contribution in [2.75, 3.05) is 10.2 Å². The fourth-order valence-electron chi connectivity index (χ4n) is 3.94. The first-order chi connectivity index (χ1) is 16.8. The number of nitrogens with one attached hydrogen (secondary N) is 1. The molecule has 0 bridgehead atoms. The number of benzene rings is 3. The van der Waals surface area contributed by atoms with Crippen LogP contribution in [0.5, 0.6) is 5.75 Å². The van der Waals surface area contributed by atoms with Gasteiger partial charge in [-0.25, -0.2) is 0 Å². The minimum absolute atomic E-state index is 0.148. The maximum absolute atomic E-state index is 13.6. The van der Waals surface area contributed by atoms with E-state index in [1.807, 2.05) is 38.1 Å². The van der Waals surface area contributed by atoms with E-state index >= 15 is 0 Å². The van der Waals surface area contributed by atoms with Crippen LogP contribution in [0, 0.1) is 13.8 Å². The van der Waals surface area contributed by atoms with Crippen LogP contribution < -0.4 is 10.2 Å². The highest BCUT2D eigenvalue weighted by Gasteiger charge is 2.37. The van der Waals surface area contributed by atoms with Crippen molar-refractivity contribution in [3.05, 3.63) is 92.3 Å². The maximum Gasteiger partial charge on any atom is 0.276 e. The molecule has 35 heavy (non-hydrogen) atoms. The number of phenols is 1. The van der Waals surface area contributed by atoms with Gasteiger partial charge in [0.05, 0.1) is 16.3 Å². The normalized spacial score (nSPS) is 18.6. The second-order valence-corrected chi connectivity index (χ2v) is 9.98. The van der Waals surface area contributed by atoms with Crippen molar-refractivity contribution < 1.29 is 14.7 Å². The summed E-state index contributed by atoms with van der Waals surface area (Å²) in [5, 5.41) is 21.4. The molecule has 2 aliphatic heterocycles. The molecule has 0 radical (unpaired) electrons. The van der Waals surface area contributed by atoms with Crippen LogP contribution in [-0.2, 0) is 9.59 Å². The maximum atomic E-state index is 13.6. The van der Waals surface area contributed by atoms with Gasteiger partial charge < -0.3 is 10.4 Å². The molecule has 2 amide bonds. The number of thioether (sulfide) groups is 1. The molecule has 5 rings (SSSR count). The van der Waals surface area contributed by atoms with Crippen LogP contribution in [0.1, 0.15) is 22.3 Å². The molecule has 0 saturated carbocycles. The first-order valence-corrected chi connectivity index (χ1v) is 12.3. The number of rotatable bonds is 3. The molecule has 1 fully saturated rings. The molecule has 0 unspecified atom stereocenters. The smallest absolute Gasteiger partial charge is 0.276 e. The molecule has 2 heterocycles. The second kappa shape index (κ2) is 9.16. The standard InChI is InChI=1S/C26H19BrN4O3S/c1-14-4-3-5-15(2)23(14)31-25(34)21(12-16-6-9-18(32)10-7-16)35-26(31)30-29-22-19-13-17(27)8-11-20(19)28-24(22)33/h3-13,32H,1-2H3,(H,28,29,33). The number of carbonyl (C=O) groups excluding carboxylic acids is 2. The number of phenolic OH excluding ortho intramolecular Hbond substituents is 1. The largest absolute Gasteiger partial charge is 0.508 e. The van der Waals surface area contributed by atoms with Crippen molar-refractivity contribution in [2.45, 2.75) is 13.8 Å². The number of anilines is 2. The molecule has 3 aromatic rings. The topological polar surface area (TPSA) is 94.4 Å². The molecule has 2 N–H and O–H groups in total. The molecule has 174 valence electrons. The Kier molecular flexibility index (Phi) is 6.04. The minimum Gasteiger partial charge on any atom is -0.508 e. The summed E-state index contributed by atoms with van der Waals surface area (Å²) in [5.41, 5.74) is 4.81. The van der Waals surface area contributed by atoms with Crippen molar-refractivity contribution in [3.8, 4) is 5.75 Å². The van der Waals surface area contributed by atoms with Gasteiger partial charge in [-0.05, 0) is 78.7 Å². The van der Waals surface area contributed by atoms with Gasteiger partial charge in [-0.3, -0.25) is 14.5 Å². The molecule has 0 atom stereocenters. The van der Waals surface area contributed by atoms with Gasteiger partial charge in [-0.2, -0.15) is 0 Å². The summed E-state index contributed by atoms with van der Waals surface area (Å²) in [6.45, 7) is 3.87. The molecular formula is C26H19BrN4O3S. The first kappa shape index (κ1) is 23.1. The average molecular weight is 547 g/mol. The van der Waals surface area contributed by atoms with E-state index in [1.165, 1.54) is 11.8 Å². The molecular weight excluding hydrogens is 528 g/mol. The Morgan fingerprint density at radius 3 is 2.43 bits per heavy atom. The van der Waals surface area contributed by atoms with Crippen molar-refractivity contribution in [2.24, 2.45) is 10.2 Å². The Morgan fingerprint density at radius 1 is 1.00 bits per heavy atom. The van der Waals surface area contributed by atoms with Crippen LogP contribution in [-0.4, -0.2) is 27.8 Å². The highest BCUT2D eigenvalue weighted by atomic mass is 79.9. The van der Waals surface area contributed by atoms with E-state index < -0.39 is 0 Å². The van der Waals surface area contributed by atoms with Crippen molar-refractivity contribution >= 4 is 67.8 Å². The third kappa shape index (κ3) is 4.40. The SMILES string of the molecule is Cc1cccc(C)c1N1C(=O)C(=Cc2ccc(O)cc2)SC1=NN=C1C(=O)Nc2ccc(Br)cc21. The molecule has 7 nitrogen and oxygen atoms in total. The van der Waals surface area contributed by atoms with Crippen molar-refractivity contribution in [3.63, 3.8) is 0 Å². The lowest BCUT2D eigenvalue weighted by molar-refractivity contribution is -0.113. The number of hydrogen-bond donors (Lipinski definition) is 2. The number of amidine groups is 1. The third-order valence-electron chi connectivity index (χ3n) is 5.60. The number of aromatic hydroxyl groups is 1.